The number of esters is 1. The summed E-state index contributed by atoms with van der Waals surface area (Å²) in [5, 5.41) is 2.32. The van der Waals surface area contributed by atoms with Gasteiger partial charge in [0.1, 0.15) is 6.61 Å². The Morgan fingerprint density at radius 3 is 2.64 bits per heavy atom. The van der Waals surface area contributed by atoms with Crippen molar-refractivity contribution in [3.05, 3.63) is 59.7 Å². The normalized spacial score (nSPS) is 12.0. The van der Waals surface area contributed by atoms with Gasteiger partial charge in [0, 0.05) is 0 Å². The first-order chi connectivity index (χ1) is 10.6. The van der Waals surface area contributed by atoms with Crippen LogP contribution in [0.4, 0.5) is 0 Å². The molecule has 1 unspecified atom stereocenters. The van der Waals surface area contributed by atoms with E-state index >= 15 is 0 Å². The Kier molecular flexibility index (Phi) is 5.76. The van der Waals surface area contributed by atoms with Gasteiger partial charge in [-0.3, -0.25) is 4.79 Å². The Hall–Kier alpha value is -2.09. The second-order valence-corrected chi connectivity index (χ2v) is 6.01. The molecule has 0 aliphatic rings. The van der Waals surface area contributed by atoms with Crippen molar-refractivity contribution in [2.24, 2.45) is 5.92 Å². The number of allylic oxidation sites excluding steroid dienone is 2. The molecule has 2 aromatic rings. The van der Waals surface area contributed by atoms with Crippen molar-refractivity contribution in [1.82, 2.24) is 0 Å². The number of carbonyl (C=O) groups is 1. The lowest BCUT2D eigenvalue weighted by molar-refractivity contribution is -0.149. The van der Waals surface area contributed by atoms with Crippen LogP contribution in [-0.4, -0.2) is 5.97 Å². The first-order valence-electron chi connectivity index (χ1n) is 7.84. The quantitative estimate of drug-likeness (QED) is 0.536. The van der Waals surface area contributed by atoms with Gasteiger partial charge in [-0.15, -0.1) is 0 Å². The molecule has 22 heavy (non-hydrogen) atoms. The van der Waals surface area contributed by atoms with E-state index in [1.54, 1.807) is 0 Å². The van der Waals surface area contributed by atoms with Crippen molar-refractivity contribution in [3.63, 3.8) is 0 Å². The van der Waals surface area contributed by atoms with Crippen molar-refractivity contribution < 1.29 is 9.53 Å². The van der Waals surface area contributed by atoms with Crippen LogP contribution in [0, 0.1) is 5.92 Å². The van der Waals surface area contributed by atoms with Gasteiger partial charge in [-0.1, -0.05) is 61.0 Å². The summed E-state index contributed by atoms with van der Waals surface area (Å²) in [5.74, 6) is -0.180. The third-order valence-corrected chi connectivity index (χ3v) is 3.80. The molecule has 2 rings (SSSR count). The molecule has 2 nitrogen and oxygen atoms in total. The van der Waals surface area contributed by atoms with Gasteiger partial charge in [0.2, 0.25) is 0 Å². The summed E-state index contributed by atoms with van der Waals surface area (Å²) in [7, 11) is 0. The largest absolute Gasteiger partial charge is 0.461 e. The Morgan fingerprint density at radius 1 is 1.14 bits per heavy atom. The standard InChI is InChI=1S/C20H24O2/c1-15(2)8-6-9-16(3)20(21)22-14-18-12-7-11-17-10-4-5-13-19(17)18/h4-5,7-8,10-13,16H,6,9,14H2,1-3H3. The molecule has 0 saturated heterocycles. The van der Waals surface area contributed by atoms with Gasteiger partial charge in [0.15, 0.2) is 0 Å². The van der Waals surface area contributed by atoms with Crippen LogP contribution in [0.5, 0.6) is 0 Å². The van der Waals surface area contributed by atoms with Crippen LogP contribution in [0.1, 0.15) is 39.2 Å². The molecule has 0 radical (unpaired) electrons. The molecule has 0 aliphatic heterocycles. The van der Waals surface area contributed by atoms with Crippen LogP contribution in [0.3, 0.4) is 0 Å². The van der Waals surface area contributed by atoms with Crippen LogP contribution in [0.2, 0.25) is 0 Å². The van der Waals surface area contributed by atoms with Gasteiger partial charge in [0.25, 0.3) is 0 Å². The minimum atomic E-state index is -0.116. The number of fused-ring (bicyclic) bond motifs is 1. The van der Waals surface area contributed by atoms with Crippen LogP contribution in [0.25, 0.3) is 10.8 Å². The fraction of sp³-hybridized carbons (Fsp3) is 0.350. The molecule has 2 aromatic carbocycles. The second-order valence-electron chi connectivity index (χ2n) is 6.01. The zero-order valence-corrected chi connectivity index (χ0v) is 13.6. The molecule has 0 spiro atoms. The highest BCUT2D eigenvalue weighted by molar-refractivity contribution is 5.85. The number of benzene rings is 2. The third-order valence-electron chi connectivity index (χ3n) is 3.80. The molecule has 0 amide bonds. The van der Waals surface area contributed by atoms with Crippen molar-refractivity contribution in [1.29, 1.82) is 0 Å². The van der Waals surface area contributed by atoms with E-state index in [9.17, 15) is 4.79 Å². The Balaban J connectivity index is 1.94. The molecule has 0 aromatic heterocycles. The summed E-state index contributed by atoms with van der Waals surface area (Å²) in [5.41, 5.74) is 2.35. The first kappa shape index (κ1) is 16.3. The zero-order chi connectivity index (χ0) is 15.9. The van der Waals surface area contributed by atoms with E-state index in [0.29, 0.717) is 6.61 Å². The van der Waals surface area contributed by atoms with E-state index in [-0.39, 0.29) is 11.9 Å². The van der Waals surface area contributed by atoms with Gasteiger partial charge in [-0.2, -0.15) is 0 Å². The fourth-order valence-electron chi connectivity index (χ4n) is 2.45. The van der Waals surface area contributed by atoms with Crippen LogP contribution >= 0.6 is 0 Å². The molecule has 2 heteroatoms. The van der Waals surface area contributed by atoms with Crippen molar-refractivity contribution in [2.45, 2.75) is 40.2 Å². The van der Waals surface area contributed by atoms with E-state index in [0.717, 1.165) is 23.8 Å². The van der Waals surface area contributed by atoms with Crippen LogP contribution < -0.4 is 0 Å². The number of rotatable bonds is 6. The molecular weight excluding hydrogens is 272 g/mol. The highest BCUT2D eigenvalue weighted by Gasteiger charge is 2.14. The summed E-state index contributed by atoms with van der Waals surface area (Å²) in [4.78, 5) is 12.1. The molecule has 1 atom stereocenters. The van der Waals surface area contributed by atoms with Gasteiger partial charge >= 0.3 is 5.97 Å². The van der Waals surface area contributed by atoms with E-state index in [1.165, 1.54) is 11.0 Å². The molecule has 0 heterocycles. The Bertz CT molecular complexity index is 661. The average molecular weight is 296 g/mol. The summed E-state index contributed by atoms with van der Waals surface area (Å²) in [6, 6.07) is 14.3. The molecule has 0 fully saturated rings. The number of hydrogen-bond acceptors (Lipinski definition) is 2. The molecule has 0 aliphatic carbocycles. The lowest BCUT2D eigenvalue weighted by atomic mass is 10.0. The zero-order valence-electron chi connectivity index (χ0n) is 13.6. The molecule has 0 bridgehead atoms. The third kappa shape index (κ3) is 4.45. The van der Waals surface area contributed by atoms with Gasteiger partial charge < -0.3 is 4.74 Å². The number of hydrogen-bond donors (Lipinski definition) is 0. The van der Waals surface area contributed by atoms with E-state index in [1.807, 2.05) is 31.2 Å². The van der Waals surface area contributed by atoms with Crippen LogP contribution in [0.15, 0.2) is 54.1 Å². The van der Waals surface area contributed by atoms with Crippen molar-refractivity contribution >= 4 is 16.7 Å². The van der Waals surface area contributed by atoms with Crippen molar-refractivity contribution in [2.75, 3.05) is 0 Å². The molecular formula is C20H24O2. The monoisotopic (exact) mass is 296 g/mol. The maximum atomic E-state index is 12.1. The number of ether oxygens (including phenoxy) is 1. The fourth-order valence-corrected chi connectivity index (χ4v) is 2.45. The second kappa shape index (κ2) is 7.79. The minimum absolute atomic E-state index is 0.0643. The first-order valence-corrected chi connectivity index (χ1v) is 7.84. The Labute approximate surface area is 132 Å². The lowest BCUT2D eigenvalue weighted by Gasteiger charge is -2.12. The summed E-state index contributed by atoms with van der Waals surface area (Å²) < 4.78 is 5.50. The van der Waals surface area contributed by atoms with Gasteiger partial charge in [-0.05, 0) is 43.0 Å². The smallest absolute Gasteiger partial charge is 0.308 e. The Morgan fingerprint density at radius 2 is 1.86 bits per heavy atom. The summed E-state index contributed by atoms with van der Waals surface area (Å²) in [6.07, 6.45) is 3.92. The topological polar surface area (TPSA) is 26.3 Å². The predicted octanol–water partition coefficient (Wildman–Crippen LogP) is 5.27. The molecule has 116 valence electrons. The predicted molar refractivity (Wildman–Crippen MR) is 91.6 cm³/mol. The highest BCUT2D eigenvalue weighted by Crippen LogP contribution is 2.20. The minimum Gasteiger partial charge on any atom is -0.461 e. The maximum Gasteiger partial charge on any atom is 0.308 e. The molecule has 0 N–H and O–H groups in total. The van der Waals surface area contributed by atoms with Crippen molar-refractivity contribution in [3.8, 4) is 0 Å². The SMILES string of the molecule is CC(C)=CCCC(C)C(=O)OCc1cccc2ccccc12. The van der Waals surface area contributed by atoms with E-state index < -0.39 is 0 Å². The van der Waals surface area contributed by atoms with Gasteiger partial charge in [-0.25, -0.2) is 0 Å². The van der Waals surface area contributed by atoms with E-state index in [2.05, 4.69) is 38.1 Å². The highest BCUT2D eigenvalue weighted by atomic mass is 16.5. The van der Waals surface area contributed by atoms with E-state index in [4.69, 9.17) is 4.74 Å². The molecule has 0 saturated carbocycles. The average Bonchev–Trinajstić information content (AvgIpc) is 2.52. The lowest BCUT2D eigenvalue weighted by Crippen LogP contribution is -2.14. The maximum absolute atomic E-state index is 12.1. The number of carbonyl (C=O) groups excluding carboxylic acids is 1. The van der Waals surface area contributed by atoms with Gasteiger partial charge in [0.05, 0.1) is 5.92 Å². The summed E-state index contributed by atoms with van der Waals surface area (Å²) >= 11 is 0. The van der Waals surface area contributed by atoms with Crippen LogP contribution in [-0.2, 0) is 16.1 Å². The summed E-state index contributed by atoms with van der Waals surface area (Å²) in [6.45, 7) is 6.42.